The summed E-state index contributed by atoms with van der Waals surface area (Å²) in [5.41, 5.74) is 10.8. The summed E-state index contributed by atoms with van der Waals surface area (Å²) in [5, 5.41) is 25.3. The van der Waals surface area contributed by atoms with Crippen LogP contribution < -0.4 is 0 Å². The molecule has 2 aromatic carbocycles. The number of aromatic nitrogens is 1. The van der Waals surface area contributed by atoms with Crippen molar-refractivity contribution >= 4 is 21.8 Å². The lowest BCUT2D eigenvalue weighted by molar-refractivity contribution is 0.0245. The van der Waals surface area contributed by atoms with Crippen molar-refractivity contribution in [2.45, 2.75) is 12.2 Å². The van der Waals surface area contributed by atoms with E-state index in [9.17, 15) is 10.2 Å². The van der Waals surface area contributed by atoms with E-state index >= 15 is 0 Å². The van der Waals surface area contributed by atoms with Crippen molar-refractivity contribution in [3.05, 3.63) is 58.5 Å². The van der Waals surface area contributed by atoms with Gasteiger partial charge in [-0.3, -0.25) is 0 Å². The highest BCUT2D eigenvalue weighted by molar-refractivity contribution is 6.07. The Bertz CT molecular complexity index is 836. The molecule has 2 unspecified atom stereocenters. The summed E-state index contributed by atoms with van der Waals surface area (Å²) >= 11 is 0. The second-order valence-corrected chi connectivity index (χ2v) is 4.90. The number of para-hydroxylation sites is 1. The fourth-order valence-electron chi connectivity index (χ4n) is 2.49. The topological polar surface area (TPSA) is 105 Å². The van der Waals surface area contributed by atoms with Gasteiger partial charge in [0.1, 0.15) is 6.10 Å². The van der Waals surface area contributed by atoms with Crippen LogP contribution in [0.25, 0.3) is 32.2 Å². The zero-order chi connectivity index (χ0) is 14.8. The number of nitrogens with one attached hydrogen (secondary N) is 1. The molecule has 0 aliphatic heterocycles. The van der Waals surface area contributed by atoms with Crippen LogP contribution in [0.4, 0.5) is 0 Å². The van der Waals surface area contributed by atoms with Crippen LogP contribution in [-0.2, 0) is 0 Å². The van der Waals surface area contributed by atoms with E-state index in [1.807, 2.05) is 36.4 Å². The molecule has 0 saturated heterocycles. The highest BCUT2D eigenvalue weighted by Gasteiger charge is 2.18. The van der Waals surface area contributed by atoms with Gasteiger partial charge in [0.05, 0.1) is 12.6 Å². The fraction of sp³-hybridized carbons (Fsp3) is 0.200. The molecule has 3 rings (SSSR count). The molecule has 0 aliphatic rings. The molecule has 0 aliphatic carbocycles. The third-order valence-electron chi connectivity index (χ3n) is 3.57. The van der Waals surface area contributed by atoms with Gasteiger partial charge in [-0.25, -0.2) is 0 Å². The monoisotopic (exact) mass is 282 g/mol. The van der Waals surface area contributed by atoms with Gasteiger partial charge in [-0.05, 0) is 29.3 Å². The van der Waals surface area contributed by atoms with Crippen molar-refractivity contribution in [2.24, 2.45) is 5.11 Å². The molecule has 0 radical (unpaired) electrons. The number of nitrogens with zero attached hydrogens (tertiary/aromatic N) is 3. The minimum atomic E-state index is -1.12. The number of azide groups is 1. The lowest BCUT2D eigenvalue weighted by Gasteiger charge is -2.16. The third kappa shape index (κ3) is 2.43. The van der Waals surface area contributed by atoms with Crippen molar-refractivity contribution in [3.8, 4) is 0 Å². The molecule has 3 aromatic rings. The number of aliphatic hydroxyl groups is 2. The summed E-state index contributed by atoms with van der Waals surface area (Å²) in [6, 6.07) is 13.4. The van der Waals surface area contributed by atoms with E-state index in [0.717, 1.165) is 21.8 Å². The Kier molecular flexibility index (Phi) is 3.50. The summed E-state index contributed by atoms with van der Waals surface area (Å²) in [4.78, 5) is 5.88. The van der Waals surface area contributed by atoms with Crippen LogP contribution in [0.2, 0.25) is 0 Å². The summed E-state index contributed by atoms with van der Waals surface area (Å²) in [5.74, 6) is 0. The summed E-state index contributed by atoms with van der Waals surface area (Å²) < 4.78 is 0. The second-order valence-electron chi connectivity index (χ2n) is 4.90. The predicted octanol–water partition coefficient (Wildman–Crippen LogP) is 3.03. The molecule has 6 heteroatoms. The highest BCUT2D eigenvalue weighted by Crippen LogP contribution is 2.28. The van der Waals surface area contributed by atoms with E-state index in [1.54, 1.807) is 6.07 Å². The maximum absolute atomic E-state index is 10.1. The largest absolute Gasteiger partial charge is 0.390 e. The van der Waals surface area contributed by atoms with E-state index < -0.39 is 12.2 Å². The molecular weight excluding hydrogens is 268 g/mol. The van der Waals surface area contributed by atoms with Crippen LogP contribution >= 0.6 is 0 Å². The predicted molar refractivity (Wildman–Crippen MR) is 80.8 cm³/mol. The first-order valence-electron chi connectivity index (χ1n) is 6.58. The number of H-pyrrole nitrogens is 1. The number of aliphatic hydroxyl groups excluding tert-OH is 2. The highest BCUT2D eigenvalue weighted by atomic mass is 16.3. The molecule has 106 valence electrons. The maximum atomic E-state index is 10.1. The van der Waals surface area contributed by atoms with Gasteiger partial charge in [0, 0.05) is 26.7 Å². The summed E-state index contributed by atoms with van der Waals surface area (Å²) in [7, 11) is 0. The Labute approximate surface area is 120 Å². The lowest BCUT2D eigenvalue weighted by atomic mass is 10.0. The Morgan fingerprint density at radius 2 is 1.86 bits per heavy atom. The standard InChI is InChI=1S/C15H14N4O2/c16-19-17-8-14(20)15(21)9-5-6-13-11(7-9)10-3-1-2-4-12(10)18-13/h1-7,14-15,18,20-21H,8H2. The molecule has 21 heavy (non-hydrogen) atoms. The number of benzene rings is 2. The van der Waals surface area contributed by atoms with Crippen molar-refractivity contribution in [3.63, 3.8) is 0 Å². The molecule has 1 heterocycles. The van der Waals surface area contributed by atoms with E-state index in [1.165, 1.54) is 0 Å². The summed E-state index contributed by atoms with van der Waals surface area (Å²) in [6.45, 7) is -0.163. The van der Waals surface area contributed by atoms with Crippen molar-refractivity contribution in [1.82, 2.24) is 4.98 Å². The first-order valence-corrected chi connectivity index (χ1v) is 6.58. The van der Waals surface area contributed by atoms with Gasteiger partial charge in [-0.15, -0.1) is 0 Å². The van der Waals surface area contributed by atoms with Crippen LogP contribution in [0.5, 0.6) is 0 Å². The Morgan fingerprint density at radius 1 is 1.10 bits per heavy atom. The number of hydrogen-bond donors (Lipinski definition) is 3. The van der Waals surface area contributed by atoms with Gasteiger partial charge in [0.25, 0.3) is 0 Å². The molecule has 2 atom stereocenters. The minimum Gasteiger partial charge on any atom is -0.390 e. The quantitative estimate of drug-likeness (QED) is 0.389. The average Bonchev–Trinajstić information content (AvgIpc) is 2.89. The van der Waals surface area contributed by atoms with Gasteiger partial charge in [-0.2, -0.15) is 0 Å². The van der Waals surface area contributed by atoms with Crippen molar-refractivity contribution in [2.75, 3.05) is 6.54 Å². The smallest absolute Gasteiger partial charge is 0.105 e. The third-order valence-corrected chi connectivity index (χ3v) is 3.57. The Morgan fingerprint density at radius 3 is 2.67 bits per heavy atom. The zero-order valence-corrected chi connectivity index (χ0v) is 11.1. The van der Waals surface area contributed by atoms with Gasteiger partial charge in [0.2, 0.25) is 0 Å². The Hall–Kier alpha value is -2.53. The van der Waals surface area contributed by atoms with Gasteiger partial charge < -0.3 is 15.2 Å². The van der Waals surface area contributed by atoms with E-state index in [-0.39, 0.29) is 6.54 Å². The van der Waals surface area contributed by atoms with Crippen molar-refractivity contribution in [1.29, 1.82) is 0 Å². The number of hydrogen-bond acceptors (Lipinski definition) is 3. The lowest BCUT2D eigenvalue weighted by Crippen LogP contribution is -2.21. The van der Waals surface area contributed by atoms with Gasteiger partial charge >= 0.3 is 0 Å². The molecule has 6 nitrogen and oxygen atoms in total. The zero-order valence-electron chi connectivity index (χ0n) is 11.1. The molecule has 0 spiro atoms. The molecule has 0 fully saturated rings. The van der Waals surface area contributed by atoms with Crippen LogP contribution in [0, 0.1) is 0 Å². The van der Waals surface area contributed by atoms with Gasteiger partial charge in [0.15, 0.2) is 0 Å². The molecule has 1 aromatic heterocycles. The molecule has 0 amide bonds. The second kappa shape index (κ2) is 5.46. The van der Waals surface area contributed by atoms with E-state index in [4.69, 9.17) is 5.53 Å². The molecule has 3 N–H and O–H groups in total. The van der Waals surface area contributed by atoms with E-state index in [2.05, 4.69) is 15.0 Å². The number of rotatable bonds is 4. The first-order chi connectivity index (χ1) is 10.2. The molecule has 0 saturated carbocycles. The normalized spacial score (nSPS) is 14.0. The average molecular weight is 282 g/mol. The number of fused-ring (bicyclic) bond motifs is 3. The Balaban J connectivity index is 2.03. The van der Waals surface area contributed by atoms with Crippen LogP contribution in [0.15, 0.2) is 47.6 Å². The van der Waals surface area contributed by atoms with Crippen molar-refractivity contribution < 1.29 is 10.2 Å². The summed E-state index contributed by atoms with van der Waals surface area (Å²) in [6.07, 6.45) is -2.21. The SMILES string of the molecule is [N-]=[N+]=NCC(O)C(O)c1ccc2[nH]c3ccccc3c2c1. The molecule has 0 bridgehead atoms. The van der Waals surface area contributed by atoms with Crippen LogP contribution in [0.3, 0.4) is 0 Å². The van der Waals surface area contributed by atoms with Crippen LogP contribution in [0.1, 0.15) is 11.7 Å². The fourth-order valence-corrected chi connectivity index (χ4v) is 2.49. The molecular formula is C15H14N4O2. The van der Waals surface area contributed by atoms with Gasteiger partial charge in [-0.1, -0.05) is 29.4 Å². The van der Waals surface area contributed by atoms with E-state index in [0.29, 0.717) is 5.56 Å². The maximum Gasteiger partial charge on any atom is 0.105 e. The first kappa shape index (κ1) is 13.5. The minimum absolute atomic E-state index is 0.163. The number of aromatic amines is 1. The van der Waals surface area contributed by atoms with Crippen LogP contribution in [-0.4, -0.2) is 27.8 Å².